The van der Waals surface area contributed by atoms with Crippen LogP contribution in [0.1, 0.15) is 10.4 Å². The predicted molar refractivity (Wildman–Crippen MR) is 64.2 cm³/mol. The molecule has 0 aliphatic carbocycles. The molecule has 0 saturated carbocycles. The maximum absolute atomic E-state index is 11.7. The van der Waals surface area contributed by atoms with Crippen molar-refractivity contribution < 1.29 is 14.5 Å². The molecule has 4 N–H and O–H groups in total. The van der Waals surface area contributed by atoms with Crippen molar-refractivity contribution in [3.63, 3.8) is 0 Å². The zero-order valence-corrected chi connectivity index (χ0v) is 9.60. The van der Waals surface area contributed by atoms with Crippen molar-refractivity contribution in [2.45, 2.75) is 0 Å². The van der Waals surface area contributed by atoms with Gasteiger partial charge in [0.05, 0.1) is 11.5 Å². The van der Waals surface area contributed by atoms with Crippen molar-refractivity contribution in [3.8, 4) is 0 Å². The molecule has 8 heteroatoms. The van der Waals surface area contributed by atoms with Gasteiger partial charge < -0.3 is 16.4 Å². The predicted octanol–water partition coefficient (Wildman–Crippen LogP) is -0.148. The van der Waals surface area contributed by atoms with Gasteiger partial charge in [-0.25, -0.2) is 0 Å². The summed E-state index contributed by atoms with van der Waals surface area (Å²) in [6.07, 6.45) is 0. The highest BCUT2D eigenvalue weighted by Gasteiger charge is 2.23. The Balaban J connectivity index is 3.11. The lowest BCUT2D eigenvalue weighted by atomic mass is 10.1. The van der Waals surface area contributed by atoms with E-state index < -0.39 is 16.7 Å². The molecular weight excluding hydrogens is 240 g/mol. The van der Waals surface area contributed by atoms with E-state index in [0.717, 1.165) is 0 Å². The number of hydrogen-bond acceptors (Lipinski definition) is 5. The summed E-state index contributed by atoms with van der Waals surface area (Å²) < 4.78 is 0. The summed E-state index contributed by atoms with van der Waals surface area (Å²) >= 11 is 0. The fourth-order valence-electron chi connectivity index (χ4n) is 1.39. The first kappa shape index (κ1) is 13.4. The zero-order chi connectivity index (χ0) is 13.7. The van der Waals surface area contributed by atoms with Crippen LogP contribution in [0.5, 0.6) is 0 Å². The number of anilines is 1. The van der Waals surface area contributed by atoms with Crippen molar-refractivity contribution in [2.24, 2.45) is 5.73 Å². The molecule has 0 spiro atoms. The number of benzene rings is 1. The molecule has 1 rings (SSSR count). The summed E-state index contributed by atoms with van der Waals surface area (Å²) in [4.78, 5) is 32.5. The molecule has 0 aromatic heterocycles. The van der Waals surface area contributed by atoms with Crippen LogP contribution in [0.25, 0.3) is 0 Å². The number of nitrogens with zero attached hydrogens (tertiary/aromatic N) is 1. The summed E-state index contributed by atoms with van der Waals surface area (Å²) in [5.74, 6) is -1.45. The van der Waals surface area contributed by atoms with E-state index in [1.54, 1.807) is 0 Å². The van der Waals surface area contributed by atoms with Crippen molar-refractivity contribution >= 4 is 23.2 Å². The van der Waals surface area contributed by atoms with Gasteiger partial charge in [0.25, 0.3) is 5.91 Å². The zero-order valence-electron chi connectivity index (χ0n) is 9.60. The molecule has 0 aliphatic rings. The maximum Gasteiger partial charge on any atom is 0.305 e. The highest BCUT2D eigenvalue weighted by Crippen LogP contribution is 2.27. The fraction of sp³-hybridized carbons (Fsp3) is 0.200. The lowest BCUT2D eigenvalue weighted by Gasteiger charge is -2.07. The molecule has 0 heterocycles. The van der Waals surface area contributed by atoms with E-state index in [2.05, 4.69) is 10.6 Å². The van der Waals surface area contributed by atoms with Crippen LogP contribution in [0.3, 0.4) is 0 Å². The summed E-state index contributed by atoms with van der Waals surface area (Å²) in [5.41, 5.74) is 4.61. The molecule has 18 heavy (non-hydrogen) atoms. The van der Waals surface area contributed by atoms with E-state index >= 15 is 0 Å². The molecule has 0 unspecified atom stereocenters. The van der Waals surface area contributed by atoms with Gasteiger partial charge >= 0.3 is 5.69 Å². The minimum atomic E-state index is -0.726. The number of primary amides is 1. The van der Waals surface area contributed by atoms with E-state index in [1.165, 1.54) is 25.2 Å². The van der Waals surface area contributed by atoms with E-state index in [-0.39, 0.29) is 23.5 Å². The largest absolute Gasteiger partial charge is 0.383 e. The molecular formula is C10H12N4O4. The first-order chi connectivity index (χ1) is 8.47. The Hall–Kier alpha value is -2.64. The van der Waals surface area contributed by atoms with E-state index in [0.29, 0.717) is 0 Å². The molecule has 2 amide bonds. The molecule has 8 nitrogen and oxygen atoms in total. The third-order valence-corrected chi connectivity index (χ3v) is 2.16. The number of nitro benzene ring substituents is 1. The standard InChI is InChI=1S/C10H12N4O4/c1-12-7-4-2-3-6(9(7)14(17)18)10(16)13-5-8(11)15/h2-4,12H,5H2,1H3,(H2,11,15)(H,13,16). The van der Waals surface area contributed by atoms with Gasteiger partial charge in [0.15, 0.2) is 0 Å². The minimum absolute atomic E-state index is 0.131. The summed E-state index contributed by atoms with van der Waals surface area (Å²) in [5, 5.41) is 15.8. The van der Waals surface area contributed by atoms with Crippen LogP contribution in [-0.4, -0.2) is 30.3 Å². The number of nitrogens with two attached hydrogens (primary N) is 1. The summed E-state index contributed by atoms with van der Waals surface area (Å²) in [6.45, 7) is -0.375. The molecule has 1 aromatic carbocycles. The first-order valence-electron chi connectivity index (χ1n) is 4.99. The Kier molecular flexibility index (Phi) is 4.19. The fourth-order valence-corrected chi connectivity index (χ4v) is 1.39. The van der Waals surface area contributed by atoms with E-state index in [1.807, 2.05) is 0 Å². The molecule has 0 saturated heterocycles. The van der Waals surface area contributed by atoms with Crippen molar-refractivity contribution in [3.05, 3.63) is 33.9 Å². The van der Waals surface area contributed by atoms with Gasteiger partial charge in [-0.05, 0) is 12.1 Å². The number of carbonyl (C=O) groups excluding carboxylic acids is 2. The monoisotopic (exact) mass is 252 g/mol. The van der Waals surface area contributed by atoms with Crippen LogP contribution in [0, 0.1) is 10.1 Å². The number of hydrogen-bond donors (Lipinski definition) is 3. The van der Waals surface area contributed by atoms with Gasteiger partial charge in [0, 0.05) is 7.05 Å². The highest BCUT2D eigenvalue weighted by molar-refractivity contribution is 6.01. The topological polar surface area (TPSA) is 127 Å². The number of carbonyl (C=O) groups is 2. The summed E-state index contributed by atoms with van der Waals surface area (Å²) in [7, 11) is 1.51. The molecule has 0 atom stereocenters. The number of nitro groups is 1. The maximum atomic E-state index is 11.7. The van der Waals surface area contributed by atoms with Crippen LogP contribution < -0.4 is 16.4 Å². The van der Waals surface area contributed by atoms with E-state index in [9.17, 15) is 19.7 Å². The van der Waals surface area contributed by atoms with Gasteiger partial charge in [-0.2, -0.15) is 0 Å². The molecule has 96 valence electrons. The van der Waals surface area contributed by atoms with Gasteiger partial charge in [0.1, 0.15) is 11.3 Å². The van der Waals surface area contributed by atoms with Crippen LogP contribution >= 0.6 is 0 Å². The smallest absolute Gasteiger partial charge is 0.305 e. The Labute approximate surface area is 102 Å². The number of nitrogens with one attached hydrogen (secondary N) is 2. The number of rotatable bonds is 5. The molecule has 0 bridgehead atoms. The average Bonchev–Trinajstić information content (AvgIpc) is 2.34. The quantitative estimate of drug-likeness (QED) is 0.496. The van der Waals surface area contributed by atoms with Gasteiger partial charge in [-0.15, -0.1) is 0 Å². The van der Waals surface area contributed by atoms with Crippen LogP contribution in [0.15, 0.2) is 18.2 Å². The Morgan fingerprint density at radius 3 is 2.61 bits per heavy atom. The third kappa shape index (κ3) is 2.94. The minimum Gasteiger partial charge on any atom is -0.383 e. The third-order valence-electron chi connectivity index (χ3n) is 2.16. The Morgan fingerprint density at radius 2 is 2.11 bits per heavy atom. The Bertz CT molecular complexity index is 501. The van der Waals surface area contributed by atoms with Crippen LogP contribution in [0.2, 0.25) is 0 Å². The molecule has 0 aliphatic heterocycles. The SMILES string of the molecule is CNc1cccc(C(=O)NCC(N)=O)c1[N+](=O)[O-]. The second-order valence-corrected chi connectivity index (χ2v) is 3.36. The lowest BCUT2D eigenvalue weighted by molar-refractivity contribution is -0.384. The van der Waals surface area contributed by atoms with Crippen LogP contribution in [0.4, 0.5) is 11.4 Å². The molecule has 0 fully saturated rings. The number of amides is 2. The number of para-hydroxylation sites is 1. The normalized spacial score (nSPS) is 9.61. The molecule has 1 aromatic rings. The second-order valence-electron chi connectivity index (χ2n) is 3.36. The van der Waals surface area contributed by atoms with Crippen molar-refractivity contribution in [2.75, 3.05) is 18.9 Å². The van der Waals surface area contributed by atoms with Gasteiger partial charge in [-0.1, -0.05) is 6.07 Å². The van der Waals surface area contributed by atoms with Crippen molar-refractivity contribution in [1.29, 1.82) is 0 Å². The van der Waals surface area contributed by atoms with Gasteiger partial charge in [-0.3, -0.25) is 19.7 Å². The first-order valence-corrected chi connectivity index (χ1v) is 4.99. The highest BCUT2D eigenvalue weighted by atomic mass is 16.6. The van der Waals surface area contributed by atoms with Crippen LogP contribution in [-0.2, 0) is 4.79 Å². The summed E-state index contributed by atoms with van der Waals surface area (Å²) in [6, 6.07) is 4.27. The van der Waals surface area contributed by atoms with Gasteiger partial charge in [0.2, 0.25) is 5.91 Å². The Morgan fingerprint density at radius 1 is 1.44 bits per heavy atom. The van der Waals surface area contributed by atoms with E-state index in [4.69, 9.17) is 5.73 Å². The molecule has 0 radical (unpaired) electrons. The lowest BCUT2D eigenvalue weighted by Crippen LogP contribution is -2.33. The second kappa shape index (κ2) is 5.62. The van der Waals surface area contributed by atoms with Crippen molar-refractivity contribution in [1.82, 2.24) is 5.32 Å². The average molecular weight is 252 g/mol.